The lowest BCUT2D eigenvalue weighted by atomic mass is 9.75. The Morgan fingerprint density at radius 1 is 1.30 bits per heavy atom. The van der Waals surface area contributed by atoms with Crippen molar-refractivity contribution >= 4 is 31.9 Å². The minimum absolute atomic E-state index is 0.0435. The molecule has 0 saturated heterocycles. The van der Waals surface area contributed by atoms with Crippen LogP contribution in [-0.4, -0.2) is 19.8 Å². The fraction of sp³-hybridized carbons (Fsp3) is 0.625. The summed E-state index contributed by atoms with van der Waals surface area (Å²) in [4.78, 5) is 0.244. The van der Waals surface area contributed by atoms with Crippen LogP contribution in [0, 0.1) is 13.8 Å². The van der Waals surface area contributed by atoms with Crippen LogP contribution in [0.1, 0.15) is 47.2 Å². The summed E-state index contributed by atoms with van der Waals surface area (Å²) in [5.41, 5.74) is 3.68. The molecule has 1 fully saturated rings. The second-order valence-electron chi connectivity index (χ2n) is 5.66. The van der Waals surface area contributed by atoms with Crippen LogP contribution in [0.4, 0.5) is 0 Å². The second-order valence-corrected chi connectivity index (χ2v) is 7.62. The van der Waals surface area contributed by atoms with Crippen molar-refractivity contribution in [3.8, 4) is 5.75 Å². The van der Waals surface area contributed by atoms with E-state index in [0.29, 0.717) is 0 Å². The van der Waals surface area contributed by atoms with Gasteiger partial charge in [0.15, 0.2) is 0 Å². The average molecular weight is 406 g/mol. The molecule has 1 aliphatic rings. The molecule has 0 N–H and O–H groups in total. The van der Waals surface area contributed by atoms with E-state index in [0.717, 1.165) is 35.0 Å². The highest BCUT2D eigenvalue weighted by Crippen LogP contribution is 2.48. The maximum Gasteiger partial charge on any atom is 0.126 e. The van der Waals surface area contributed by atoms with Gasteiger partial charge in [0.1, 0.15) is 5.75 Å². The van der Waals surface area contributed by atoms with Crippen molar-refractivity contribution in [2.45, 2.75) is 50.0 Å². The normalized spacial score (nSPS) is 18.5. The third-order valence-electron chi connectivity index (χ3n) is 4.47. The van der Waals surface area contributed by atoms with E-state index in [9.17, 15) is 0 Å². The van der Waals surface area contributed by atoms with Crippen molar-refractivity contribution in [1.29, 1.82) is 0 Å². The topological polar surface area (TPSA) is 18.5 Å². The van der Waals surface area contributed by atoms with Crippen LogP contribution in [0.15, 0.2) is 10.5 Å². The van der Waals surface area contributed by atoms with Crippen LogP contribution in [0.25, 0.3) is 0 Å². The zero-order chi connectivity index (χ0) is 14.9. The molecule has 20 heavy (non-hydrogen) atoms. The minimum Gasteiger partial charge on any atom is -0.496 e. The zero-order valence-electron chi connectivity index (χ0n) is 12.6. The summed E-state index contributed by atoms with van der Waals surface area (Å²) in [6.07, 6.45) is 4.55. The van der Waals surface area contributed by atoms with E-state index in [1.54, 1.807) is 7.11 Å². The fourth-order valence-electron chi connectivity index (χ4n) is 3.01. The predicted molar refractivity (Wildman–Crippen MR) is 90.0 cm³/mol. The number of aryl methyl sites for hydroxylation is 1. The molecule has 1 aromatic carbocycles. The third kappa shape index (κ3) is 2.93. The van der Waals surface area contributed by atoms with Crippen molar-refractivity contribution in [2.24, 2.45) is 0 Å². The molecule has 1 aromatic rings. The molecule has 2 rings (SSSR count). The molecule has 1 aliphatic carbocycles. The van der Waals surface area contributed by atoms with Crippen molar-refractivity contribution in [2.75, 3.05) is 14.2 Å². The van der Waals surface area contributed by atoms with Crippen molar-refractivity contribution in [3.63, 3.8) is 0 Å². The molecule has 1 saturated carbocycles. The van der Waals surface area contributed by atoms with Gasteiger partial charge in [0.2, 0.25) is 0 Å². The first kappa shape index (κ1) is 16.3. The summed E-state index contributed by atoms with van der Waals surface area (Å²) in [5, 5.41) is 0. The maximum atomic E-state index is 5.76. The summed E-state index contributed by atoms with van der Waals surface area (Å²) in [5.74, 6) is 0.984. The van der Waals surface area contributed by atoms with Crippen LogP contribution in [0.3, 0.4) is 0 Å². The predicted octanol–water partition coefficient (Wildman–Crippen LogP) is 5.47. The summed E-state index contributed by atoms with van der Waals surface area (Å²) < 4.78 is 12.5. The SMILES string of the molecule is COc1c(C)cc(Br)c(C)c1C(Br)CC1(OC)CCC1. The van der Waals surface area contributed by atoms with Crippen molar-refractivity contribution < 1.29 is 9.47 Å². The van der Waals surface area contributed by atoms with E-state index in [2.05, 4.69) is 51.8 Å². The van der Waals surface area contributed by atoms with Crippen molar-refractivity contribution in [3.05, 3.63) is 27.2 Å². The monoisotopic (exact) mass is 404 g/mol. The Labute approximate surface area is 138 Å². The number of hydrogen-bond donors (Lipinski definition) is 0. The number of benzene rings is 1. The van der Waals surface area contributed by atoms with Gasteiger partial charge in [-0.15, -0.1) is 0 Å². The van der Waals surface area contributed by atoms with E-state index < -0.39 is 0 Å². The molecule has 0 amide bonds. The summed E-state index contributed by atoms with van der Waals surface area (Å²) in [6, 6.07) is 2.12. The fourth-order valence-corrected chi connectivity index (χ4v) is 4.71. The Morgan fingerprint density at radius 2 is 1.95 bits per heavy atom. The number of hydrogen-bond acceptors (Lipinski definition) is 2. The summed E-state index contributed by atoms with van der Waals surface area (Å²) in [7, 11) is 3.57. The van der Waals surface area contributed by atoms with E-state index >= 15 is 0 Å². The molecule has 4 heteroatoms. The molecule has 0 heterocycles. The highest BCUT2D eigenvalue weighted by molar-refractivity contribution is 9.10. The molecule has 0 radical (unpaired) electrons. The van der Waals surface area contributed by atoms with Gasteiger partial charge in [0, 0.05) is 22.0 Å². The highest BCUT2D eigenvalue weighted by atomic mass is 79.9. The van der Waals surface area contributed by atoms with Gasteiger partial charge in [-0.05, 0) is 56.7 Å². The van der Waals surface area contributed by atoms with Crippen LogP contribution in [0.2, 0.25) is 0 Å². The quantitative estimate of drug-likeness (QED) is 0.604. The van der Waals surface area contributed by atoms with E-state index in [-0.39, 0.29) is 10.4 Å². The molecular weight excluding hydrogens is 384 g/mol. The molecule has 0 spiro atoms. The van der Waals surface area contributed by atoms with Gasteiger partial charge in [-0.1, -0.05) is 31.9 Å². The Morgan fingerprint density at radius 3 is 2.40 bits per heavy atom. The minimum atomic E-state index is 0.0435. The Balaban J connectivity index is 2.35. The van der Waals surface area contributed by atoms with Gasteiger partial charge in [-0.3, -0.25) is 0 Å². The molecule has 1 unspecified atom stereocenters. The van der Waals surface area contributed by atoms with Gasteiger partial charge in [0.05, 0.1) is 12.7 Å². The van der Waals surface area contributed by atoms with E-state index in [4.69, 9.17) is 9.47 Å². The number of methoxy groups -OCH3 is 2. The number of rotatable bonds is 5. The Bertz CT molecular complexity index is 490. The van der Waals surface area contributed by atoms with E-state index in [1.165, 1.54) is 17.5 Å². The van der Waals surface area contributed by atoms with Gasteiger partial charge in [0.25, 0.3) is 0 Å². The standard InChI is InChI=1S/C16H22Br2O2/c1-10-8-12(17)11(2)14(15(10)19-3)13(18)9-16(20-4)6-5-7-16/h8,13H,5-7,9H2,1-4H3. The highest BCUT2D eigenvalue weighted by Gasteiger charge is 2.39. The lowest BCUT2D eigenvalue weighted by Crippen LogP contribution is -2.40. The largest absolute Gasteiger partial charge is 0.496 e. The first-order chi connectivity index (χ1) is 9.44. The molecule has 0 bridgehead atoms. The Hall–Kier alpha value is -0.0600. The average Bonchev–Trinajstić information content (AvgIpc) is 2.37. The van der Waals surface area contributed by atoms with Crippen LogP contribution >= 0.6 is 31.9 Å². The van der Waals surface area contributed by atoms with Gasteiger partial charge < -0.3 is 9.47 Å². The molecule has 0 aliphatic heterocycles. The first-order valence-corrected chi connectivity index (χ1v) is 8.68. The number of ether oxygens (including phenoxy) is 2. The van der Waals surface area contributed by atoms with Crippen LogP contribution in [0.5, 0.6) is 5.75 Å². The maximum absolute atomic E-state index is 5.76. The smallest absolute Gasteiger partial charge is 0.126 e. The van der Waals surface area contributed by atoms with Crippen LogP contribution in [-0.2, 0) is 4.74 Å². The molecule has 112 valence electrons. The molecule has 0 aromatic heterocycles. The van der Waals surface area contributed by atoms with Gasteiger partial charge >= 0.3 is 0 Å². The Kier molecular flexibility index (Phi) is 5.19. The number of halogens is 2. The summed E-state index contributed by atoms with van der Waals surface area (Å²) >= 11 is 7.52. The number of alkyl halides is 1. The molecular formula is C16H22Br2O2. The second kappa shape index (κ2) is 6.37. The van der Waals surface area contributed by atoms with Crippen molar-refractivity contribution in [1.82, 2.24) is 0 Å². The van der Waals surface area contributed by atoms with Crippen LogP contribution < -0.4 is 4.74 Å². The lowest BCUT2D eigenvalue weighted by molar-refractivity contribution is -0.0774. The lowest BCUT2D eigenvalue weighted by Gasteiger charge is -2.42. The van der Waals surface area contributed by atoms with E-state index in [1.807, 2.05) is 7.11 Å². The van der Waals surface area contributed by atoms with Gasteiger partial charge in [-0.2, -0.15) is 0 Å². The zero-order valence-corrected chi connectivity index (χ0v) is 15.7. The molecule has 2 nitrogen and oxygen atoms in total. The molecule has 1 atom stereocenters. The first-order valence-electron chi connectivity index (χ1n) is 6.97. The third-order valence-corrected chi connectivity index (χ3v) is 6.08. The summed E-state index contributed by atoms with van der Waals surface area (Å²) in [6.45, 7) is 4.22. The van der Waals surface area contributed by atoms with Gasteiger partial charge in [-0.25, -0.2) is 0 Å².